The van der Waals surface area contributed by atoms with Crippen molar-refractivity contribution in [1.29, 1.82) is 0 Å². The summed E-state index contributed by atoms with van der Waals surface area (Å²) in [4.78, 5) is 17.2. The standard InChI is InChI=1S/C23H25F2N5O3S/c1-30-20(17-5-4-13(26)6-8-32-17)15(10-27-30)28-22(31)16-11-34-23(29-16)18-14(24)9-12-3-2-7-33-21(12)19(18)25/h9-11,13,17H,2-8,26H2,1H3,(H,28,31)/t13-,17+/m1/s1. The summed E-state index contributed by atoms with van der Waals surface area (Å²) in [5, 5.41) is 8.63. The molecule has 3 N–H and O–H groups in total. The van der Waals surface area contributed by atoms with Crippen molar-refractivity contribution < 1.29 is 23.0 Å². The van der Waals surface area contributed by atoms with Crippen LogP contribution in [0, 0.1) is 11.6 Å². The molecule has 0 aliphatic carbocycles. The molecule has 1 amide bonds. The minimum atomic E-state index is -0.783. The van der Waals surface area contributed by atoms with E-state index in [1.807, 2.05) is 0 Å². The number of aryl methyl sites for hydroxylation is 2. The zero-order valence-electron chi connectivity index (χ0n) is 18.6. The summed E-state index contributed by atoms with van der Waals surface area (Å²) >= 11 is 0.994. The Morgan fingerprint density at radius 1 is 1.29 bits per heavy atom. The highest BCUT2D eigenvalue weighted by atomic mass is 32.1. The van der Waals surface area contributed by atoms with Crippen molar-refractivity contribution in [2.24, 2.45) is 12.8 Å². The molecule has 1 fully saturated rings. The molecule has 0 unspecified atom stereocenters. The molecular weight excluding hydrogens is 464 g/mol. The number of ether oxygens (including phenoxy) is 2. The van der Waals surface area contributed by atoms with Crippen LogP contribution in [-0.4, -0.2) is 39.9 Å². The second kappa shape index (κ2) is 9.40. The molecule has 1 saturated heterocycles. The first-order valence-electron chi connectivity index (χ1n) is 11.2. The average molecular weight is 490 g/mol. The summed E-state index contributed by atoms with van der Waals surface area (Å²) in [5.74, 6) is -1.94. The van der Waals surface area contributed by atoms with E-state index in [1.165, 1.54) is 11.4 Å². The molecule has 180 valence electrons. The normalized spacial score (nSPS) is 20.4. The number of nitrogens with two attached hydrogens (primary N) is 1. The minimum absolute atomic E-state index is 0.0519. The second-order valence-electron chi connectivity index (χ2n) is 8.53. The van der Waals surface area contributed by atoms with Crippen molar-refractivity contribution >= 4 is 22.9 Å². The fourth-order valence-electron chi connectivity index (χ4n) is 4.40. The predicted molar refractivity (Wildman–Crippen MR) is 123 cm³/mol. The van der Waals surface area contributed by atoms with Crippen LogP contribution in [0.1, 0.15) is 53.5 Å². The Kier molecular flexibility index (Phi) is 6.32. The van der Waals surface area contributed by atoms with Gasteiger partial charge in [-0.15, -0.1) is 11.3 Å². The summed E-state index contributed by atoms with van der Waals surface area (Å²) in [6, 6.07) is 1.37. The number of nitrogens with zero attached hydrogens (tertiary/aromatic N) is 3. The van der Waals surface area contributed by atoms with E-state index >= 15 is 4.39 Å². The first-order chi connectivity index (χ1) is 16.4. The van der Waals surface area contributed by atoms with Crippen molar-refractivity contribution in [2.45, 2.75) is 44.2 Å². The van der Waals surface area contributed by atoms with Crippen LogP contribution in [0.25, 0.3) is 10.6 Å². The van der Waals surface area contributed by atoms with Crippen molar-refractivity contribution in [3.63, 3.8) is 0 Å². The van der Waals surface area contributed by atoms with Gasteiger partial charge >= 0.3 is 0 Å². The highest BCUT2D eigenvalue weighted by Gasteiger charge is 2.28. The largest absolute Gasteiger partial charge is 0.490 e. The fraction of sp³-hybridized carbons (Fsp3) is 0.435. The lowest BCUT2D eigenvalue weighted by atomic mass is 10.0. The number of aromatic nitrogens is 3. The molecule has 0 spiro atoms. The molecule has 5 rings (SSSR count). The Morgan fingerprint density at radius 3 is 3.00 bits per heavy atom. The Morgan fingerprint density at radius 2 is 2.15 bits per heavy atom. The third-order valence-electron chi connectivity index (χ3n) is 6.18. The van der Waals surface area contributed by atoms with E-state index in [4.69, 9.17) is 15.2 Å². The van der Waals surface area contributed by atoms with E-state index in [0.29, 0.717) is 43.7 Å². The van der Waals surface area contributed by atoms with Crippen molar-refractivity contribution in [1.82, 2.24) is 14.8 Å². The van der Waals surface area contributed by atoms with Gasteiger partial charge in [-0.25, -0.2) is 13.8 Å². The Hall–Kier alpha value is -2.89. The highest BCUT2D eigenvalue weighted by Crippen LogP contribution is 2.38. The summed E-state index contributed by atoms with van der Waals surface area (Å²) in [5.41, 5.74) is 7.57. The molecule has 2 aliphatic heterocycles. The molecule has 0 saturated carbocycles. The second-order valence-corrected chi connectivity index (χ2v) is 9.39. The van der Waals surface area contributed by atoms with E-state index < -0.39 is 17.5 Å². The highest BCUT2D eigenvalue weighted by molar-refractivity contribution is 7.13. The molecular formula is C23H25F2N5O3S. The topological polar surface area (TPSA) is 104 Å². The van der Waals surface area contributed by atoms with Gasteiger partial charge in [0.2, 0.25) is 0 Å². The number of anilines is 1. The van der Waals surface area contributed by atoms with E-state index in [9.17, 15) is 9.18 Å². The molecule has 3 aromatic rings. The number of thiazole rings is 1. The summed E-state index contributed by atoms with van der Waals surface area (Å²) in [6.45, 7) is 0.909. The molecule has 4 heterocycles. The van der Waals surface area contributed by atoms with Crippen molar-refractivity contribution in [3.05, 3.63) is 46.2 Å². The number of hydrogen-bond donors (Lipinski definition) is 2. The maximum atomic E-state index is 15.0. The third kappa shape index (κ3) is 4.30. The van der Waals surface area contributed by atoms with E-state index in [-0.39, 0.29) is 34.2 Å². The molecule has 11 heteroatoms. The lowest BCUT2D eigenvalue weighted by Crippen LogP contribution is -2.19. The summed E-state index contributed by atoms with van der Waals surface area (Å²) in [6.07, 6.45) is 4.86. The molecule has 0 radical (unpaired) electrons. The van der Waals surface area contributed by atoms with Gasteiger partial charge in [-0.05, 0) is 38.2 Å². The molecule has 2 atom stereocenters. The van der Waals surface area contributed by atoms with Gasteiger partial charge in [0.25, 0.3) is 5.91 Å². The Labute approximate surface area is 199 Å². The molecule has 0 bridgehead atoms. The van der Waals surface area contributed by atoms with Gasteiger partial charge < -0.3 is 20.5 Å². The number of carbonyl (C=O) groups is 1. The summed E-state index contributed by atoms with van der Waals surface area (Å²) in [7, 11) is 1.78. The number of amides is 1. The fourth-order valence-corrected chi connectivity index (χ4v) is 5.24. The van der Waals surface area contributed by atoms with Crippen molar-refractivity contribution in [3.8, 4) is 16.3 Å². The van der Waals surface area contributed by atoms with Crippen LogP contribution in [-0.2, 0) is 18.2 Å². The zero-order chi connectivity index (χ0) is 23.8. The number of nitrogens with one attached hydrogen (secondary N) is 1. The summed E-state index contributed by atoms with van der Waals surface area (Å²) < 4.78 is 42.8. The molecule has 8 nitrogen and oxygen atoms in total. The number of benzene rings is 1. The van der Waals surface area contributed by atoms with Crippen LogP contribution < -0.4 is 15.8 Å². The lowest BCUT2D eigenvalue weighted by Gasteiger charge is -2.19. The van der Waals surface area contributed by atoms with Crippen LogP contribution in [0.5, 0.6) is 5.75 Å². The predicted octanol–water partition coefficient (Wildman–Crippen LogP) is 3.97. The van der Waals surface area contributed by atoms with Gasteiger partial charge in [-0.1, -0.05) is 0 Å². The van der Waals surface area contributed by atoms with Gasteiger partial charge in [0, 0.05) is 30.6 Å². The minimum Gasteiger partial charge on any atom is -0.490 e. The third-order valence-corrected chi connectivity index (χ3v) is 7.04. The van der Waals surface area contributed by atoms with E-state index in [0.717, 1.165) is 29.9 Å². The molecule has 2 aromatic heterocycles. The lowest BCUT2D eigenvalue weighted by molar-refractivity contribution is 0.0529. The number of fused-ring (bicyclic) bond motifs is 1. The van der Waals surface area contributed by atoms with Crippen LogP contribution in [0.4, 0.5) is 14.5 Å². The number of halogens is 2. The number of hydrogen-bond acceptors (Lipinski definition) is 7. The quantitative estimate of drug-likeness (QED) is 0.575. The van der Waals surface area contributed by atoms with Gasteiger partial charge in [0.1, 0.15) is 22.6 Å². The van der Waals surface area contributed by atoms with Gasteiger partial charge in [0.05, 0.1) is 29.7 Å². The van der Waals surface area contributed by atoms with Crippen LogP contribution in [0.2, 0.25) is 0 Å². The Bertz CT molecular complexity index is 1230. The number of carbonyl (C=O) groups excluding carboxylic acids is 1. The first kappa shape index (κ1) is 22.9. The SMILES string of the molecule is Cn1ncc(NC(=O)c2csc(-c3c(F)cc4c(c3F)OCCC4)n2)c1[C@@H]1CC[C@@H](N)CCO1. The van der Waals surface area contributed by atoms with Gasteiger partial charge in [-0.3, -0.25) is 9.48 Å². The van der Waals surface area contributed by atoms with Crippen LogP contribution in [0.15, 0.2) is 17.6 Å². The van der Waals surface area contributed by atoms with Crippen LogP contribution >= 0.6 is 11.3 Å². The molecule has 34 heavy (non-hydrogen) atoms. The number of rotatable bonds is 4. The van der Waals surface area contributed by atoms with Crippen molar-refractivity contribution in [2.75, 3.05) is 18.5 Å². The van der Waals surface area contributed by atoms with E-state index in [1.54, 1.807) is 17.9 Å². The monoisotopic (exact) mass is 489 g/mol. The van der Waals surface area contributed by atoms with Crippen LogP contribution in [0.3, 0.4) is 0 Å². The van der Waals surface area contributed by atoms with Gasteiger partial charge in [-0.2, -0.15) is 5.10 Å². The Balaban J connectivity index is 1.38. The molecule has 2 aliphatic rings. The van der Waals surface area contributed by atoms with E-state index in [2.05, 4.69) is 15.4 Å². The zero-order valence-corrected chi connectivity index (χ0v) is 19.5. The molecule has 1 aromatic carbocycles. The van der Waals surface area contributed by atoms with Gasteiger partial charge in [0.15, 0.2) is 11.6 Å². The maximum Gasteiger partial charge on any atom is 0.275 e. The first-order valence-corrected chi connectivity index (χ1v) is 12.1. The maximum absolute atomic E-state index is 15.0. The smallest absolute Gasteiger partial charge is 0.275 e. The average Bonchev–Trinajstić information content (AvgIpc) is 3.37.